The van der Waals surface area contributed by atoms with Gasteiger partial charge in [0.2, 0.25) is 0 Å². The Labute approximate surface area is 155 Å². The molecule has 1 heterocycles. The Kier molecular flexibility index (Phi) is 5.32. The molecule has 26 heavy (non-hydrogen) atoms. The second-order valence-electron chi connectivity index (χ2n) is 6.62. The van der Waals surface area contributed by atoms with E-state index in [0.29, 0.717) is 18.5 Å². The van der Waals surface area contributed by atoms with Gasteiger partial charge in [-0.15, -0.1) is 0 Å². The van der Waals surface area contributed by atoms with Crippen molar-refractivity contribution in [2.75, 3.05) is 10.8 Å². The first-order chi connectivity index (χ1) is 12.4. The zero-order valence-electron chi connectivity index (χ0n) is 15.1. The summed E-state index contributed by atoms with van der Waals surface area (Å²) in [6.07, 6.45) is 2.57. The normalized spacial score (nSPS) is 16.4. The van der Waals surface area contributed by atoms with Gasteiger partial charge in [-0.1, -0.05) is 37.6 Å². The lowest BCUT2D eigenvalue weighted by molar-refractivity contribution is 0.0953. The Morgan fingerprint density at radius 3 is 2.73 bits per heavy atom. The van der Waals surface area contributed by atoms with E-state index < -0.39 is 10.0 Å². The van der Waals surface area contributed by atoms with Gasteiger partial charge in [0.25, 0.3) is 15.9 Å². The number of para-hydroxylation sites is 1. The third-order valence-electron chi connectivity index (χ3n) is 4.61. The zero-order valence-corrected chi connectivity index (χ0v) is 15.9. The maximum Gasteiger partial charge on any atom is 0.264 e. The van der Waals surface area contributed by atoms with Crippen molar-refractivity contribution < 1.29 is 13.2 Å². The summed E-state index contributed by atoms with van der Waals surface area (Å²) in [5, 5.41) is 2.83. The lowest BCUT2D eigenvalue weighted by atomic mass is 10.1. The minimum absolute atomic E-state index is 0.143. The summed E-state index contributed by atoms with van der Waals surface area (Å²) in [5.74, 6) is -0.245. The molecule has 0 aliphatic carbocycles. The number of hydrogen-bond acceptors (Lipinski definition) is 3. The van der Waals surface area contributed by atoms with Gasteiger partial charge in [0.1, 0.15) is 0 Å². The lowest BCUT2D eigenvalue weighted by Crippen LogP contribution is -2.36. The fraction of sp³-hybridized carbons (Fsp3) is 0.350. The summed E-state index contributed by atoms with van der Waals surface area (Å²) in [5.41, 5.74) is 2.11. The number of fused-ring (bicyclic) bond motifs is 1. The molecule has 0 fully saturated rings. The van der Waals surface area contributed by atoms with Crippen LogP contribution in [0.2, 0.25) is 0 Å². The fourth-order valence-corrected chi connectivity index (χ4v) is 5.03. The quantitative estimate of drug-likeness (QED) is 0.791. The number of carbonyl (C=O) groups excluding carboxylic acids is 1. The third kappa shape index (κ3) is 3.46. The Balaban J connectivity index is 1.91. The van der Waals surface area contributed by atoms with E-state index in [9.17, 15) is 13.2 Å². The SMILES string of the molecule is CCCCNC(=O)c1cccc(S(=O)(=O)N2c3ccccc3CC2C)c1. The summed E-state index contributed by atoms with van der Waals surface area (Å²) < 4.78 is 27.9. The molecular formula is C20H24N2O3S. The molecule has 0 aromatic heterocycles. The predicted octanol–water partition coefficient (Wildman–Crippen LogP) is 3.36. The van der Waals surface area contributed by atoms with Crippen LogP contribution in [-0.2, 0) is 16.4 Å². The molecule has 0 saturated carbocycles. The first kappa shape index (κ1) is 18.5. The maximum atomic E-state index is 13.2. The monoisotopic (exact) mass is 372 g/mol. The van der Waals surface area contributed by atoms with Gasteiger partial charge in [0, 0.05) is 18.2 Å². The molecule has 1 unspecified atom stereocenters. The first-order valence-corrected chi connectivity index (χ1v) is 10.4. The van der Waals surface area contributed by atoms with Crippen LogP contribution in [0.5, 0.6) is 0 Å². The van der Waals surface area contributed by atoms with Gasteiger partial charge in [0.05, 0.1) is 10.6 Å². The van der Waals surface area contributed by atoms with Crippen LogP contribution < -0.4 is 9.62 Å². The van der Waals surface area contributed by atoms with E-state index in [2.05, 4.69) is 12.2 Å². The Bertz CT molecular complexity index is 909. The van der Waals surface area contributed by atoms with Crippen LogP contribution in [-0.4, -0.2) is 26.9 Å². The average molecular weight is 372 g/mol. The van der Waals surface area contributed by atoms with E-state index in [1.807, 2.05) is 31.2 Å². The van der Waals surface area contributed by atoms with Crippen LogP contribution in [0.1, 0.15) is 42.6 Å². The average Bonchev–Trinajstić information content (AvgIpc) is 2.98. The lowest BCUT2D eigenvalue weighted by Gasteiger charge is -2.24. The summed E-state index contributed by atoms with van der Waals surface area (Å²) in [6.45, 7) is 4.54. The molecule has 0 bridgehead atoms. The molecule has 0 radical (unpaired) electrons. The smallest absolute Gasteiger partial charge is 0.264 e. The highest BCUT2D eigenvalue weighted by Gasteiger charge is 2.36. The Hall–Kier alpha value is -2.34. The van der Waals surface area contributed by atoms with E-state index >= 15 is 0 Å². The molecule has 1 N–H and O–H groups in total. The number of benzene rings is 2. The van der Waals surface area contributed by atoms with E-state index in [0.717, 1.165) is 24.1 Å². The van der Waals surface area contributed by atoms with Gasteiger partial charge in [-0.2, -0.15) is 0 Å². The predicted molar refractivity (Wildman–Crippen MR) is 103 cm³/mol. The van der Waals surface area contributed by atoms with Crippen LogP contribution >= 0.6 is 0 Å². The summed E-state index contributed by atoms with van der Waals surface area (Å²) in [4.78, 5) is 12.4. The van der Waals surface area contributed by atoms with Crippen molar-refractivity contribution >= 4 is 21.6 Å². The number of hydrogen-bond donors (Lipinski definition) is 1. The molecule has 1 atom stereocenters. The molecule has 5 nitrogen and oxygen atoms in total. The molecular weight excluding hydrogens is 348 g/mol. The van der Waals surface area contributed by atoms with E-state index in [-0.39, 0.29) is 16.8 Å². The number of carbonyl (C=O) groups is 1. The number of amides is 1. The van der Waals surface area contributed by atoms with Gasteiger partial charge < -0.3 is 5.32 Å². The molecule has 0 spiro atoms. The van der Waals surface area contributed by atoms with Crippen LogP contribution in [0.25, 0.3) is 0 Å². The summed E-state index contributed by atoms with van der Waals surface area (Å²) >= 11 is 0. The molecule has 138 valence electrons. The molecule has 2 aromatic rings. The molecule has 1 aliphatic rings. The summed E-state index contributed by atoms with van der Waals surface area (Å²) in [6, 6.07) is 13.7. The van der Waals surface area contributed by atoms with Crippen molar-refractivity contribution in [2.45, 2.75) is 44.0 Å². The number of nitrogens with zero attached hydrogens (tertiary/aromatic N) is 1. The topological polar surface area (TPSA) is 66.5 Å². The van der Waals surface area contributed by atoms with Crippen molar-refractivity contribution in [1.82, 2.24) is 5.32 Å². The van der Waals surface area contributed by atoms with E-state index in [1.54, 1.807) is 18.2 Å². The fourth-order valence-electron chi connectivity index (χ4n) is 3.30. The van der Waals surface area contributed by atoms with E-state index in [4.69, 9.17) is 0 Å². The highest BCUT2D eigenvalue weighted by Crippen LogP contribution is 2.36. The minimum Gasteiger partial charge on any atom is -0.352 e. The van der Waals surface area contributed by atoms with Gasteiger partial charge in [0.15, 0.2) is 0 Å². The van der Waals surface area contributed by atoms with Crippen molar-refractivity contribution in [1.29, 1.82) is 0 Å². The number of nitrogens with one attached hydrogen (secondary N) is 1. The van der Waals surface area contributed by atoms with Gasteiger partial charge in [-0.05, 0) is 49.6 Å². The molecule has 1 aliphatic heterocycles. The van der Waals surface area contributed by atoms with Crippen molar-refractivity contribution in [3.63, 3.8) is 0 Å². The standard InChI is InChI=1S/C20H24N2O3S/c1-3-4-12-21-20(23)17-9-7-10-18(14-17)26(24,25)22-15(2)13-16-8-5-6-11-19(16)22/h5-11,14-15H,3-4,12-13H2,1-2H3,(H,21,23). The van der Waals surface area contributed by atoms with E-state index in [1.165, 1.54) is 10.4 Å². The molecule has 1 amide bonds. The summed E-state index contributed by atoms with van der Waals surface area (Å²) in [7, 11) is -3.73. The zero-order chi connectivity index (χ0) is 18.7. The van der Waals surface area contributed by atoms with Gasteiger partial charge in [-0.25, -0.2) is 8.42 Å². The van der Waals surface area contributed by atoms with Crippen LogP contribution in [0, 0.1) is 0 Å². The van der Waals surface area contributed by atoms with Crippen LogP contribution in [0.15, 0.2) is 53.4 Å². The maximum absolute atomic E-state index is 13.2. The van der Waals surface area contributed by atoms with Crippen LogP contribution in [0.3, 0.4) is 0 Å². The Morgan fingerprint density at radius 2 is 1.96 bits per heavy atom. The van der Waals surface area contributed by atoms with Crippen LogP contribution in [0.4, 0.5) is 5.69 Å². The number of rotatable bonds is 6. The molecule has 2 aromatic carbocycles. The molecule has 6 heteroatoms. The first-order valence-electron chi connectivity index (χ1n) is 8.95. The highest BCUT2D eigenvalue weighted by atomic mass is 32.2. The van der Waals surface area contributed by atoms with Crippen molar-refractivity contribution in [3.05, 3.63) is 59.7 Å². The molecule has 3 rings (SSSR count). The highest BCUT2D eigenvalue weighted by molar-refractivity contribution is 7.92. The third-order valence-corrected chi connectivity index (χ3v) is 6.54. The number of sulfonamides is 1. The Morgan fingerprint density at radius 1 is 1.19 bits per heavy atom. The van der Waals surface area contributed by atoms with Crippen molar-refractivity contribution in [2.24, 2.45) is 0 Å². The van der Waals surface area contributed by atoms with Gasteiger partial charge >= 0.3 is 0 Å². The number of unbranched alkanes of at least 4 members (excludes halogenated alkanes) is 1. The molecule has 0 saturated heterocycles. The second kappa shape index (κ2) is 7.50. The largest absolute Gasteiger partial charge is 0.352 e. The van der Waals surface area contributed by atoms with Crippen molar-refractivity contribution in [3.8, 4) is 0 Å². The van der Waals surface area contributed by atoms with Gasteiger partial charge in [-0.3, -0.25) is 9.10 Å². The second-order valence-corrected chi connectivity index (χ2v) is 8.43. The minimum atomic E-state index is -3.73. The number of anilines is 1.